The van der Waals surface area contributed by atoms with Gasteiger partial charge in [-0.1, -0.05) is 30.3 Å². The fourth-order valence-corrected chi connectivity index (χ4v) is 4.16. The Balaban J connectivity index is 1.56. The molecule has 0 unspecified atom stereocenters. The van der Waals surface area contributed by atoms with Crippen molar-refractivity contribution < 1.29 is 9.47 Å². The van der Waals surface area contributed by atoms with E-state index in [-0.39, 0.29) is 11.7 Å². The quantitative estimate of drug-likeness (QED) is 0.847. The van der Waals surface area contributed by atoms with Crippen molar-refractivity contribution in [3.05, 3.63) is 30.3 Å². The summed E-state index contributed by atoms with van der Waals surface area (Å²) >= 11 is 1.47. The lowest BCUT2D eigenvalue weighted by Gasteiger charge is -2.47. The molecule has 0 saturated carbocycles. The molecule has 1 aromatic carbocycles. The van der Waals surface area contributed by atoms with Gasteiger partial charge in [0, 0.05) is 30.2 Å². The second-order valence-electron chi connectivity index (χ2n) is 6.41. The maximum absolute atomic E-state index is 6.25. The van der Waals surface area contributed by atoms with Gasteiger partial charge in [0.2, 0.25) is 5.13 Å². The highest BCUT2D eigenvalue weighted by atomic mass is 32.1. The van der Waals surface area contributed by atoms with Crippen molar-refractivity contribution in [2.75, 3.05) is 31.2 Å². The average Bonchev–Trinajstić information content (AvgIpc) is 3.06. The van der Waals surface area contributed by atoms with Crippen molar-refractivity contribution in [1.29, 1.82) is 0 Å². The summed E-state index contributed by atoms with van der Waals surface area (Å²) in [6.07, 6.45) is 2.29. The molecule has 6 heteroatoms. The van der Waals surface area contributed by atoms with E-state index in [9.17, 15) is 0 Å². The summed E-state index contributed by atoms with van der Waals surface area (Å²) in [5.41, 5.74) is 0.876. The zero-order chi connectivity index (χ0) is 15.7. The van der Waals surface area contributed by atoms with Crippen LogP contribution in [0.2, 0.25) is 0 Å². The van der Waals surface area contributed by atoms with Crippen LogP contribution in [0.3, 0.4) is 0 Å². The first-order valence-electron chi connectivity index (χ1n) is 8.14. The highest BCUT2D eigenvalue weighted by Crippen LogP contribution is 2.33. The smallest absolute Gasteiger partial charge is 0.205 e. The number of ether oxygens (including phenoxy) is 2. The SMILES string of the molecule is C[C@H]1CN(c2nc(-c3ccccc3)ns2)C[C@]2(CCCOC2)O1. The van der Waals surface area contributed by atoms with Gasteiger partial charge in [-0.25, -0.2) is 0 Å². The van der Waals surface area contributed by atoms with Crippen molar-refractivity contribution in [3.63, 3.8) is 0 Å². The van der Waals surface area contributed by atoms with Gasteiger partial charge >= 0.3 is 0 Å². The molecule has 0 N–H and O–H groups in total. The van der Waals surface area contributed by atoms with E-state index in [0.29, 0.717) is 6.61 Å². The molecule has 3 heterocycles. The molecule has 2 aromatic rings. The summed E-state index contributed by atoms with van der Waals surface area (Å²) < 4.78 is 16.5. The molecule has 2 aliphatic heterocycles. The lowest BCUT2D eigenvalue weighted by molar-refractivity contribution is -0.160. The minimum absolute atomic E-state index is 0.175. The maximum atomic E-state index is 6.25. The monoisotopic (exact) mass is 331 g/mol. The van der Waals surface area contributed by atoms with Crippen LogP contribution >= 0.6 is 11.5 Å². The fourth-order valence-electron chi connectivity index (χ4n) is 3.46. The van der Waals surface area contributed by atoms with Gasteiger partial charge in [-0.2, -0.15) is 9.36 Å². The summed E-state index contributed by atoms with van der Waals surface area (Å²) in [5, 5.41) is 0.976. The molecule has 1 spiro atoms. The van der Waals surface area contributed by atoms with Crippen molar-refractivity contribution in [1.82, 2.24) is 9.36 Å². The number of anilines is 1. The van der Waals surface area contributed by atoms with Crippen LogP contribution in [0.15, 0.2) is 30.3 Å². The van der Waals surface area contributed by atoms with E-state index in [4.69, 9.17) is 14.5 Å². The Morgan fingerprint density at radius 1 is 1.30 bits per heavy atom. The largest absolute Gasteiger partial charge is 0.378 e. The Morgan fingerprint density at radius 2 is 2.17 bits per heavy atom. The summed E-state index contributed by atoms with van der Waals surface area (Å²) in [6, 6.07) is 10.1. The van der Waals surface area contributed by atoms with E-state index in [1.807, 2.05) is 30.3 Å². The first kappa shape index (κ1) is 15.1. The van der Waals surface area contributed by atoms with E-state index in [1.54, 1.807) is 0 Å². The minimum Gasteiger partial charge on any atom is -0.378 e. The predicted octanol–water partition coefficient (Wildman–Crippen LogP) is 2.98. The van der Waals surface area contributed by atoms with Crippen LogP contribution in [-0.4, -0.2) is 47.4 Å². The van der Waals surface area contributed by atoms with E-state index in [2.05, 4.69) is 16.2 Å². The van der Waals surface area contributed by atoms with Gasteiger partial charge in [0.05, 0.1) is 19.3 Å². The second kappa shape index (κ2) is 6.19. The van der Waals surface area contributed by atoms with Gasteiger partial charge < -0.3 is 14.4 Å². The van der Waals surface area contributed by atoms with Gasteiger partial charge in [0.15, 0.2) is 5.82 Å². The summed E-state index contributed by atoms with van der Waals surface area (Å²) in [6.45, 7) is 5.34. The Hall–Kier alpha value is -1.50. The number of hydrogen-bond donors (Lipinski definition) is 0. The average molecular weight is 331 g/mol. The molecule has 2 aliphatic rings. The molecule has 0 bridgehead atoms. The molecule has 0 radical (unpaired) electrons. The standard InChI is InChI=1S/C17H21N3O2S/c1-13-10-20(11-17(22-13)8-5-9-21-12-17)16-18-15(19-23-16)14-6-3-2-4-7-14/h2-4,6-7,13H,5,8-12H2,1H3/t13-,17-/m0/s1. The van der Waals surface area contributed by atoms with E-state index >= 15 is 0 Å². The van der Waals surface area contributed by atoms with E-state index < -0.39 is 0 Å². The number of aromatic nitrogens is 2. The molecular weight excluding hydrogens is 310 g/mol. The van der Waals surface area contributed by atoms with Crippen molar-refractivity contribution in [2.24, 2.45) is 0 Å². The predicted molar refractivity (Wildman–Crippen MR) is 90.9 cm³/mol. The first-order valence-corrected chi connectivity index (χ1v) is 8.91. The van der Waals surface area contributed by atoms with Crippen LogP contribution in [0.5, 0.6) is 0 Å². The van der Waals surface area contributed by atoms with Gasteiger partial charge in [-0.3, -0.25) is 0 Å². The second-order valence-corrected chi connectivity index (χ2v) is 7.15. The van der Waals surface area contributed by atoms with E-state index in [0.717, 1.165) is 49.1 Å². The van der Waals surface area contributed by atoms with Crippen molar-refractivity contribution >= 4 is 16.7 Å². The Labute approximate surface area is 140 Å². The molecule has 0 amide bonds. The third-order valence-electron chi connectivity index (χ3n) is 4.41. The lowest BCUT2D eigenvalue weighted by Crippen LogP contribution is -2.58. The molecule has 5 nitrogen and oxygen atoms in total. The number of morpholine rings is 1. The van der Waals surface area contributed by atoms with Crippen LogP contribution in [0.4, 0.5) is 5.13 Å². The number of hydrogen-bond acceptors (Lipinski definition) is 6. The molecular formula is C17H21N3O2S. The van der Waals surface area contributed by atoms with Gasteiger partial charge in [0.25, 0.3) is 0 Å². The molecule has 2 saturated heterocycles. The lowest BCUT2D eigenvalue weighted by atomic mass is 9.93. The van der Waals surface area contributed by atoms with Crippen LogP contribution in [0, 0.1) is 0 Å². The molecule has 0 aliphatic carbocycles. The summed E-state index contributed by atoms with van der Waals surface area (Å²) in [5.74, 6) is 0.804. The Bertz CT molecular complexity index is 655. The molecule has 1 aromatic heterocycles. The molecule has 2 fully saturated rings. The highest BCUT2D eigenvalue weighted by molar-refractivity contribution is 7.09. The summed E-state index contributed by atoms with van der Waals surface area (Å²) in [7, 11) is 0. The van der Waals surface area contributed by atoms with Crippen molar-refractivity contribution in [3.8, 4) is 11.4 Å². The number of nitrogens with zero attached hydrogens (tertiary/aromatic N) is 3. The third kappa shape index (κ3) is 3.11. The molecule has 2 atom stereocenters. The number of rotatable bonds is 2. The van der Waals surface area contributed by atoms with Crippen LogP contribution < -0.4 is 4.90 Å². The molecule has 122 valence electrons. The van der Waals surface area contributed by atoms with Gasteiger partial charge in [0.1, 0.15) is 5.60 Å². The first-order chi connectivity index (χ1) is 11.2. The normalized spacial score (nSPS) is 28.2. The topological polar surface area (TPSA) is 47.5 Å². The molecule has 23 heavy (non-hydrogen) atoms. The zero-order valence-corrected chi connectivity index (χ0v) is 14.1. The van der Waals surface area contributed by atoms with Crippen LogP contribution in [-0.2, 0) is 9.47 Å². The van der Waals surface area contributed by atoms with Crippen LogP contribution in [0.25, 0.3) is 11.4 Å². The Morgan fingerprint density at radius 3 is 2.96 bits per heavy atom. The zero-order valence-electron chi connectivity index (χ0n) is 13.3. The molecule has 4 rings (SSSR count). The van der Waals surface area contributed by atoms with Crippen molar-refractivity contribution in [2.45, 2.75) is 31.5 Å². The highest BCUT2D eigenvalue weighted by Gasteiger charge is 2.42. The van der Waals surface area contributed by atoms with Gasteiger partial charge in [-0.15, -0.1) is 0 Å². The third-order valence-corrected chi connectivity index (χ3v) is 5.19. The maximum Gasteiger partial charge on any atom is 0.205 e. The minimum atomic E-state index is -0.186. The van der Waals surface area contributed by atoms with Gasteiger partial charge in [-0.05, 0) is 19.8 Å². The van der Waals surface area contributed by atoms with E-state index in [1.165, 1.54) is 11.5 Å². The Kier molecular flexibility index (Phi) is 4.05. The summed E-state index contributed by atoms with van der Waals surface area (Å²) in [4.78, 5) is 7.07. The number of benzene rings is 1. The van der Waals surface area contributed by atoms with Crippen LogP contribution in [0.1, 0.15) is 19.8 Å². The fraction of sp³-hybridized carbons (Fsp3) is 0.529.